The van der Waals surface area contributed by atoms with Gasteiger partial charge in [-0.3, -0.25) is 9.89 Å². The molecule has 0 aliphatic carbocycles. The number of aliphatic imine (C=N–C) groups is 1. The molecular formula is C23H25N3O5S. The van der Waals surface area contributed by atoms with Crippen LogP contribution in [0.2, 0.25) is 0 Å². The van der Waals surface area contributed by atoms with Crippen LogP contribution in [-0.2, 0) is 9.47 Å². The van der Waals surface area contributed by atoms with Crippen LogP contribution < -0.4 is 5.56 Å². The van der Waals surface area contributed by atoms with Crippen LogP contribution in [0.25, 0.3) is 5.69 Å². The van der Waals surface area contributed by atoms with Crippen molar-refractivity contribution in [3.05, 3.63) is 67.9 Å². The van der Waals surface area contributed by atoms with E-state index in [0.29, 0.717) is 22.5 Å². The van der Waals surface area contributed by atoms with E-state index >= 15 is 0 Å². The van der Waals surface area contributed by atoms with E-state index in [1.807, 2.05) is 30.3 Å². The van der Waals surface area contributed by atoms with Gasteiger partial charge in [-0.25, -0.2) is 19.3 Å². The number of nitrogens with zero attached hydrogens (tertiary/aromatic N) is 2. The smallest absolute Gasteiger partial charge is 0.349 e. The van der Waals surface area contributed by atoms with Gasteiger partial charge < -0.3 is 9.47 Å². The largest absolute Gasteiger partial charge is 0.465 e. The minimum absolute atomic E-state index is 0.172. The van der Waals surface area contributed by atoms with Crippen LogP contribution in [0.15, 0.2) is 40.1 Å². The number of carbonyl (C=O) groups is 2. The van der Waals surface area contributed by atoms with Crippen LogP contribution in [0.5, 0.6) is 0 Å². The van der Waals surface area contributed by atoms with Gasteiger partial charge >= 0.3 is 11.9 Å². The van der Waals surface area contributed by atoms with Gasteiger partial charge in [0.15, 0.2) is 0 Å². The molecule has 0 amide bonds. The Kier molecular flexibility index (Phi) is 6.50. The highest BCUT2D eigenvalue weighted by Gasteiger charge is 2.28. The van der Waals surface area contributed by atoms with E-state index in [0.717, 1.165) is 11.3 Å². The number of esters is 2. The fraction of sp³-hybridized carbons (Fsp3) is 0.304. The molecule has 0 aliphatic heterocycles. The van der Waals surface area contributed by atoms with Crippen molar-refractivity contribution in [2.45, 2.75) is 40.2 Å². The molecule has 0 spiro atoms. The van der Waals surface area contributed by atoms with Crippen molar-refractivity contribution in [3.8, 4) is 5.69 Å². The maximum atomic E-state index is 12.9. The number of hydrogen-bond acceptors (Lipinski definition) is 7. The van der Waals surface area contributed by atoms with Gasteiger partial charge in [-0.1, -0.05) is 18.2 Å². The monoisotopic (exact) mass is 455 g/mol. The molecule has 3 rings (SSSR count). The molecule has 0 unspecified atom stereocenters. The summed E-state index contributed by atoms with van der Waals surface area (Å²) < 4.78 is 11.8. The summed E-state index contributed by atoms with van der Waals surface area (Å²) in [5, 5.41) is 3.29. The molecule has 1 aromatic carbocycles. The Morgan fingerprint density at radius 2 is 1.78 bits per heavy atom. The number of hydrogen-bond donors (Lipinski definition) is 1. The standard InChI is InChI=1S/C23H25N3O5S/c1-13-17(21(28)30-6)19(32-18(13)22(29)31-23(3,4)5)24-12-16-14(2)25-26(20(16)27)15-10-8-7-9-11-15/h7-12,25H,1-6H3/b24-12+. The first-order chi connectivity index (χ1) is 15.0. The van der Waals surface area contributed by atoms with Crippen molar-refractivity contribution in [1.82, 2.24) is 9.78 Å². The van der Waals surface area contributed by atoms with Gasteiger partial charge in [0.1, 0.15) is 21.0 Å². The Balaban J connectivity index is 2.05. The number of carbonyl (C=O) groups excluding carboxylic acids is 2. The predicted octanol–water partition coefficient (Wildman–Crippen LogP) is 4.34. The number of nitrogens with one attached hydrogen (secondary N) is 1. The topological polar surface area (TPSA) is 103 Å². The van der Waals surface area contributed by atoms with Crippen LogP contribution in [0.3, 0.4) is 0 Å². The third-order valence-corrected chi connectivity index (χ3v) is 5.72. The highest BCUT2D eigenvalue weighted by molar-refractivity contribution is 7.18. The molecule has 9 heteroatoms. The zero-order chi connectivity index (χ0) is 23.6. The molecule has 2 aromatic heterocycles. The molecule has 1 N–H and O–H groups in total. The van der Waals surface area contributed by atoms with Crippen molar-refractivity contribution in [2.75, 3.05) is 7.11 Å². The van der Waals surface area contributed by atoms with Gasteiger partial charge in [0.2, 0.25) is 0 Å². The Bertz CT molecular complexity index is 1240. The summed E-state index contributed by atoms with van der Waals surface area (Å²) in [5.74, 6) is -1.16. The summed E-state index contributed by atoms with van der Waals surface area (Å²) in [5.41, 5.74) is 1.28. The number of H-pyrrole nitrogens is 1. The van der Waals surface area contributed by atoms with E-state index in [-0.39, 0.29) is 21.0 Å². The van der Waals surface area contributed by atoms with E-state index in [9.17, 15) is 14.4 Å². The molecule has 0 saturated carbocycles. The van der Waals surface area contributed by atoms with Crippen LogP contribution in [0.4, 0.5) is 5.00 Å². The third-order valence-electron chi connectivity index (χ3n) is 4.54. The fourth-order valence-electron chi connectivity index (χ4n) is 3.04. The number of methoxy groups -OCH3 is 1. The molecule has 168 valence electrons. The molecule has 0 aliphatic rings. The van der Waals surface area contributed by atoms with Gasteiger partial charge in [0, 0.05) is 11.9 Å². The van der Waals surface area contributed by atoms with Crippen molar-refractivity contribution >= 4 is 34.5 Å². The number of para-hydroxylation sites is 1. The maximum Gasteiger partial charge on any atom is 0.349 e. The summed E-state index contributed by atoms with van der Waals surface area (Å²) in [7, 11) is 1.26. The Hall–Kier alpha value is -3.46. The molecule has 0 radical (unpaired) electrons. The second-order valence-electron chi connectivity index (χ2n) is 8.11. The van der Waals surface area contributed by atoms with E-state index in [4.69, 9.17) is 9.47 Å². The fourth-order valence-corrected chi connectivity index (χ4v) is 4.06. The first-order valence-corrected chi connectivity index (χ1v) is 10.7. The van der Waals surface area contributed by atoms with Gasteiger partial charge in [-0.2, -0.15) is 0 Å². The van der Waals surface area contributed by atoms with Gasteiger partial charge in [-0.15, -0.1) is 11.3 Å². The highest BCUT2D eigenvalue weighted by atomic mass is 32.1. The van der Waals surface area contributed by atoms with Crippen molar-refractivity contribution in [3.63, 3.8) is 0 Å². The lowest BCUT2D eigenvalue weighted by Gasteiger charge is -2.19. The number of benzene rings is 1. The molecule has 0 saturated heterocycles. The molecule has 32 heavy (non-hydrogen) atoms. The van der Waals surface area contributed by atoms with Crippen molar-refractivity contribution < 1.29 is 19.1 Å². The molecule has 0 bridgehead atoms. The van der Waals surface area contributed by atoms with Gasteiger partial charge in [-0.05, 0) is 52.3 Å². The number of aromatic amines is 1. The zero-order valence-electron chi connectivity index (χ0n) is 18.8. The lowest BCUT2D eigenvalue weighted by molar-refractivity contribution is 0.00745. The van der Waals surface area contributed by atoms with Crippen molar-refractivity contribution in [1.29, 1.82) is 0 Å². The van der Waals surface area contributed by atoms with Crippen LogP contribution in [0, 0.1) is 13.8 Å². The highest BCUT2D eigenvalue weighted by Crippen LogP contribution is 2.37. The van der Waals surface area contributed by atoms with Gasteiger partial charge in [0.05, 0.1) is 18.4 Å². The first-order valence-electron chi connectivity index (χ1n) is 9.89. The maximum absolute atomic E-state index is 12.9. The van der Waals surface area contributed by atoms with Crippen LogP contribution in [0.1, 0.15) is 57.6 Å². The minimum Gasteiger partial charge on any atom is -0.465 e. The number of aromatic nitrogens is 2. The number of aryl methyl sites for hydroxylation is 1. The predicted molar refractivity (Wildman–Crippen MR) is 124 cm³/mol. The number of rotatable bonds is 5. The second-order valence-corrected chi connectivity index (χ2v) is 9.11. The van der Waals surface area contributed by atoms with E-state index in [1.54, 1.807) is 34.6 Å². The summed E-state index contributed by atoms with van der Waals surface area (Å²) in [6.45, 7) is 8.70. The third kappa shape index (κ3) is 4.72. The molecule has 0 atom stereocenters. The summed E-state index contributed by atoms with van der Waals surface area (Å²) in [6.07, 6.45) is 1.39. The van der Waals surface area contributed by atoms with Gasteiger partial charge in [0.25, 0.3) is 5.56 Å². The zero-order valence-corrected chi connectivity index (χ0v) is 19.6. The summed E-state index contributed by atoms with van der Waals surface area (Å²) in [4.78, 5) is 42.6. The van der Waals surface area contributed by atoms with E-state index in [2.05, 4.69) is 10.1 Å². The number of thiophene rings is 1. The molecular weight excluding hydrogens is 430 g/mol. The second kappa shape index (κ2) is 8.96. The summed E-state index contributed by atoms with van der Waals surface area (Å²) in [6, 6.07) is 9.15. The first kappa shape index (κ1) is 23.2. The Labute approximate surface area is 189 Å². The minimum atomic E-state index is -0.687. The normalized spacial score (nSPS) is 11.7. The molecule has 0 fully saturated rings. The Morgan fingerprint density at radius 3 is 2.38 bits per heavy atom. The molecule has 8 nitrogen and oxygen atoms in total. The van der Waals surface area contributed by atoms with Crippen LogP contribution in [-0.4, -0.2) is 40.6 Å². The lowest BCUT2D eigenvalue weighted by Crippen LogP contribution is -2.23. The SMILES string of the molecule is COC(=O)c1c(/N=C/c2c(C)[nH]n(-c3ccccc3)c2=O)sc(C(=O)OC(C)(C)C)c1C. The number of ether oxygens (including phenoxy) is 2. The lowest BCUT2D eigenvalue weighted by atomic mass is 10.1. The summed E-state index contributed by atoms with van der Waals surface area (Å²) >= 11 is 1.02. The Morgan fingerprint density at radius 1 is 1.12 bits per heavy atom. The molecule has 2 heterocycles. The average molecular weight is 456 g/mol. The average Bonchev–Trinajstić information content (AvgIpc) is 3.21. The molecule has 3 aromatic rings. The quantitative estimate of drug-likeness (QED) is 0.455. The van der Waals surface area contributed by atoms with Crippen molar-refractivity contribution in [2.24, 2.45) is 4.99 Å². The van der Waals surface area contributed by atoms with E-state index < -0.39 is 17.5 Å². The van der Waals surface area contributed by atoms with Crippen LogP contribution >= 0.6 is 11.3 Å². The van der Waals surface area contributed by atoms with E-state index in [1.165, 1.54) is 18.0 Å².